The fourth-order valence-electron chi connectivity index (χ4n) is 2.08. The van der Waals surface area contributed by atoms with Crippen LogP contribution in [-0.4, -0.2) is 32.6 Å². The zero-order valence-electron chi connectivity index (χ0n) is 11.1. The zero-order valence-corrected chi connectivity index (χ0v) is 11.9. The molecule has 0 aromatic heterocycles. The van der Waals surface area contributed by atoms with Crippen LogP contribution in [0.2, 0.25) is 0 Å². The molecule has 4 N–H and O–H groups in total. The summed E-state index contributed by atoms with van der Waals surface area (Å²) in [6, 6.07) is 3.05. The van der Waals surface area contributed by atoms with Gasteiger partial charge in [-0.2, -0.15) is 0 Å². The number of nitrogens with zero attached hydrogens (tertiary/aromatic N) is 1. The van der Waals surface area contributed by atoms with Crippen LogP contribution in [0.3, 0.4) is 0 Å². The molecule has 116 valence electrons. The normalized spacial score (nSPS) is 19.2. The molecular weight excluding hydrogens is 300 g/mol. The van der Waals surface area contributed by atoms with Gasteiger partial charge in [0.1, 0.15) is 4.90 Å². The third-order valence-electron chi connectivity index (χ3n) is 3.10. The van der Waals surface area contributed by atoms with E-state index in [0.29, 0.717) is 13.0 Å². The van der Waals surface area contributed by atoms with E-state index >= 15 is 0 Å². The first-order valence-electron chi connectivity index (χ1n) is 6.29. The molecule has 0 amide bonds. The Labute approximate surface area is 121 Å². The maximum Gasteiger partial charge on any atom is 0.270 e. The number of hydrogen-bond acceptors (Lipinski definition) is 7. The molecule has 0 bridgehead atoms. The van der Waals surface area contributed by atoms with Crippen LogP contribution in [-0.2, 0) is 14.8 Å². The smallest absolute Gasteiger partial charge is 0.270 e. The van der Waals surface area contributed by atoms with Gasteiger partial charge in [-0.05, 0) is 18.9 Å². The molecule has 2 rings (SSSR count). The molecule has 1 aromatic carbocycles. The molecule has 1 saturated heterocycles. The summed E-state index contributed by atoms with van der Waals surface area (Å²) < 4.78 is 32.4. The molecule has 0 saturated carbocycles. The maximum atomic E-state index is 12.4. The first kappa shape index (κ1) is 15.6. The fourth-order valence-corrected chi connectivity index (χ4v) is 3.53. The van der Waals surface area contributed by atoms with Gasteiger partial charge in [0.15, 0.2) is 0 Å². The fraction of sp³-hybridized carbons (Fsp3) is 0.455. The second-order valence-corrected chi connectivity index (χ2v) is 6.30. The Morgan fingerprint density at radius 2 is 2.19 bits per heavy atom. The van der Waals surface area contributed by atoms with E-state index in [1.807, 2.05) is 0 Å². The molecule has 1 aliphatic rings. The molecule has 0 spiro atoms. The zero-order chi connectivity index (χ0) is 15.5. The highest BCUT2D eigenvalue weighted by atomic mass is 32.2. The summed E-state index contributed by atoms with van der Waals surface area (Å²) in [5.74, 6) is 5.27. The minimum absolute atomic E-state index is 0.0878. The van der Waals surface area contributed by atoms with E-state index < -0.39 is 14.9 Å². The van der Waals surface area contributed by atoms with Crippen molar-refractivity contribution in [3.05, 3.63) is 28.3 Å². The van der Waals surface area contributed by atoms with Crippen LogP contribution >= 0.6 is 0 Å². The van der Waals surface area contributed by atoms with Gasteiger partial charge in [0.2, 0.25) is 10.0 Å². The number of nitrogen functional groups attached to an aromatic ring is 1. The second-order valence-electron chi connectivity index (χ2n) is 4.62. The summed E-state index contributed by atoms with van der Waals surface area (Å²) in [7, 11) is -3.94. The molecule has 1 atom stereocenters. The highest BCUT2D eigenvalue weighted by Crippen LogP contribution is 2.26. The number of nitrogens with two attached hydrogens (primary N) is 1. The summed E-state index contributed by atoms with van der Waals surface area (Å²) in [6.07, 6.45) is 1.41. The van der Waals surface area contributed by atoms with Crippen molar-refractivity contribution in [3.63, 3.8) is 0 Å². The Bertz CT molecular complexity index is 628. The number of rotatable bonds is 5. The van der Waals surface area contributed by atoms with Crippen LogP contribution in [0.5, 0.6) is 0 Å². The Morgan fingerprint density at radius 3 is 2.76 bits per heavy atom. The van der Waals surface area contributed by atoms with Crippen LogP contribution in [0.4, 0.5) is 11.4 Å². The Balaban J connectivity index is 2.32. The Kier molecular flexibility index (Phi) is 4.73. The van der Waals surface area contributed by atoms with E-state index in [2.05, 4.69) is 10.1 Å². The Hall–Kier alpha value is -1.75. The van der Waals surface area contributed by atoms with Crippen molar-refractivity contribution in [1.29, 1.82) is 0 Å². The predicted molar refractivity (Wildman–Crippen MR) is 75.1 cm³/mol. The molecule has 0 radical (unpaired) electrons. The molecule has 9 nitrogen and oxygen atoms in total. The number of hydrazine groups is 1. The van der Waals surface area contributed by atoms with Crippen LogP contribution < -0.4 is 16.0 Å². The number of benzene rings is 1. The van der Waals surface area contributed by atoms with E-state index in [1.165, 1.54) is 12.1 Å². The molecule has 0 aliphatic carbocycles. The predicted octanol–water partition coefficient (Wildman–Crippen LogP) is 0.338. The van der Waals surface area contributed by atoms with Gasteiger partial charge in [-0.3, -0.25) is 16.0 Å². The maximum absolute atomic E-state index is 12.4. The van der Waals surface area contributed by atoms with Crippen molar-refractivity contribution in [3.8, 4) is 0 Å². The number of sulfonamides is 1. The molecule has 1 heterocycles. The van der Waals surface area contributed by atoms with Crippen LogP contribution in [0.15, 0.2) is 23.1 Å². The van der Waals surface area contributed by atoms with Crippen LogP contribution in [0.1, 0.15) is 12.8 Å². The monoisotopic (exact) mass is 316 g/mol. The van der Waals surface area contributed by atoms with E-state index in [4.69, 9.17) is 10.6 Å². The summed E-state index contributed by atoms with van der Waals surface area (Å²) in [5.41, 5.74) is 2.00. The first-order valence-corrected chi connectivity index (χ1v) is 7.77. The van der Waals surface area contributed by atoms with Crippen molar-refractivity contribution in [2.75, 3.05) is 18.6 Å². The van der Waals surface area contributed by atoms with Gasteiger partial charge in [-0.15, -0.1) is 0 Å². The SMILES string of the molecule is NNc1ccc([N+](=O)[O-])cc1S(=O)(=O)NC1CCCOC1. The number of ether oxygens (including phenoxy) is 1. The van der Waals surface area contributed by atoms with E-state index in [9.17, 15) is 18.5 Å². The largest absolute Gasteiger partial charge is 0.380 e. The number of hydrogen-bond donors (Lipinski definition) is 3. The third-order valence-corrected chi connectivity index (χ3v) is 4.66. The third kappa shape index (κ3) is 3.67. The average molecular weight is 316 g/mol. The molecule has 1 unspecified atom stereocenters. The quantitative estimate of drug-likeness (QED) is 0.404. The van der Waals surface area contributed by atoms with E-state index in [0.717, 1.165) is 12.5 Å². The van der Waals surface area contributed by atoms with Gasteiger partial charge >= 0.3 is 0 Å². The number of nitro groups is 1. The lowest BCUT2D eigenvalue weighted by molar-refractivity contribution is -0.385. The summed E-state index contributed by atoms with van der Waals surface area (Å²) in [4.78, 5) is 9.87. The minimum atomic E-state index is -3.94. The first-order chi connectivity index (χ1) is 9.94. The van der Waals surface area contributed by atoms with Gasteiger partial charge < -0.3 is 10.2 Å². The average Bonchev–Trinajstić information content (AvgIpc) is 2.47. The summed E-state index contributed by atoms with van der Waals surface area (Å²) in [6.45, 7) is 0.879. The van der Waals surface area contributed by atoms with Crippen molar-refractivity contribution in [1.82, 2.24) is 4.72 Å². The number of nitro benzene ring substituents is 1. The van der Waals surface area contributed by atoms with E-state index in [1.54, 1.807) is 0 Å². The molecule has 10 heteroatoms. The molecule has 1 aliphatic heterocycles. The van der Waals surface area contributed by atoms with Gasteiger partial charge in [0.05, 0.1) is 17.2 Å². The minimum Gasteiger partial charge on any atom is -0.380 e. The van der Waals surface area contributed by atoms with Crippen LogP contribution in [0, 0.1) is 10.1 Å². The summed E-state index contributed by atoms with van der Waals surface area (Å²) in [5, 5.41) is 10.8. The van der Waals surface area contributed by atoms with Crippen molar-refractivity contribution in [2.45, 2.75) is 23.8 Å². The van der Waals surface area contributed by atoms with Gasteiger partial charge in [0.25, 0.3) is 5.69 Å². The summed E-state index contributed by atoms with van der Waals surface area (Å²) >= 11 is 0. The molecular formula is C11H16N4O5S. The number of anilines is 1. The number of non-ortho nitro benzene ring substituents is 1. The lowest BCUT2D eigenvalue weighted by atomic mass is 10.1. The van der Waals surface area contributed by atoms with Crippen molar-refractivity contribution in [2.24, 2.45) is 5.84 Å². The molecule has 1 fully saturated rings. The second kappa shape index (κ2) is 6.35. The van der Waals surface area contributed by atoms with E-state index in [-0.39, 0.29) is 28.9 Å². The van der Waals surface area contributed by atoms with Gasteiger partial charge in [0, 0.05) is 24.8 Å². The standard InChI is InChI=1S/C11H16N4O5S/c12-13-10-4-3-9(15(16)17)6-11(10)21(18,19)14-8-2-1-5-20-7-8/h3-4,6,8,13-14H,1-2,5,7,12H2. The van der Waals surface area contributed by atoms with Crippen LogP contribution in [0.25, 0.3) is 0 Å². The lowest BCUT2D eigenvalue weighted by Crippen LogP contribution is -2.40. The van der Waals surface area contributed by atoms with Crippen molar-refractivity contribution >= 4 is 21.4 Å². The van der Waals surface area contributed by atoms with Crippen molar-refractivity contribution < 1.29 is 18.1 Å². The van der Waals surface area contributed by atoms with Gasteiger partial charge in [-0.1, -0.05) is 0 Å². The molecule has 1 aromatic rings. The molecule has 21 heavy (non-hydrogen) atoms. The number of nitrogens with one attached hydrogen (secondary N) is 2. The van der Waals surface area contributed by atoms with Gasteiger partial charge in [-0.25, -0.2) is 13.1 Å². The highest BCUT2D eigenvalue weighted by molar-refractivity contribution is 7.89. The highest BCUT2D eigenvalue weighted by Gasteiger charge is 2.26. The Morgan fingerprint density at radius 1 is 1.43 bits per heavy atom. The topological polar surface area (TPSA) is 137 Å². The lowest BCUT2D eigenvalue weighted by Gasteiger charge is -2.23.